The Kier molecular flexibility index (Phi) is 4.79. The monoisotopic (exact) mass is 253 g/mol. The lowest BCUT2D eigenvalue weighted by molar-refractivity contribution is -0.541. The van der Waals surface area contributed by atoms with E-state index < -0.39 is 23.0 Å². The Balaban J connectivity index is 3.01. The summed E-state index contributed by atoms with van der Waals surface area (Å²) in [6, 6.07) is 4.62. The molecule has 0 bridgehead atoms. The SMILES string of the molecule is CCC(O)C(c1ccc(C(=O)OC)cc1)[N+](=O)[O-]. The highest BCUT2D eigenvalue weighted by molar-refractivity contribution is 5.89. The minimum absolute atomic E-state index is 0.282. The van der Waals surface area contributed by atoms with Crippen molar-refractivity contribution in [2.45, 2.75) is 25.5 Å². The third kappa shape index (κ3) is 3.04. The maximum absolute atomic E-state index is 11.2. The van der Waals surface area contributed by atoms with Crippen molar-refractivity contribution in [3.8, 4) is 0 Å². The van der Waals surface area contributed by atoms with E-state index in [-0.39, 0.29) is 6.42 Å². The zero-order valence-corrected chi connectivity index (χ0v) is 10.2. The molecule has 98 valence electrons. The molecular weight excluding hydrogens is 238 g/mol. The molecule has 0 fully saturated rings. The number of methoxy groups -OCH3 is 1. The lowest BCUT2D eigenvalue weighted by atomic mass is 9.99. The number of carbonyl (C=O) groups excluding carboxylic acids is 1. The van der Waals surface area contributed by atoms with Gasteiger partial charge < -0.3 is 9.84 Å². The molecule has 0 heterocycles. The van der Waals surface area contributed by atoms with Crippen molar-refractivity contribution in [2.75, 3.05) is 7.11 Å². The van der Waals surface area contributed by atoms with Crippen LogP contribution in [0, 0.1) is 10.1 Å². The summed E-state index contributed by atoms with van der Waals surface area (Å²) in [5, 5.41) is 20.6. The average molecular weight is 253 g/mol. The van der Waals surface area contributed by atoms with Gasteiger partial charge >= 0.3 is 5.97 Å². The second-order valence-electron chi connectivity index (χ2n) is 3.82. The van der Waals surface area contributed by atoms with Gasteiger partial charge in [0.15, 0.2) is 0 Å². The summed E-state index contributed by atoms with van der Waals surface area (Å²) >= 11 is 0. The van der Waals surface area contributed by atoms with Gasteiger partial charge in [0.05, 0.1) is 12.7 Å². The fourth-order valence-electron chi connectivity index (χ4n) is 1.64. The van der Waals surface area contributed by atoms with Crippen LogP contribution in [0.5, 0.6) is 0 Å². The minimum Gasteiger partial charge on any atom is -0.465 e. The highest BCUT2D eigenvalue weighted by Gasteiger charge is 2.30. The molecule has 1 N–H and O–H groups in total. The largest absolute Gasteiger partial charge is 0.465 e. The number of benzene rings is 1. The van der Waals surface area contributed by atoms with Crippen LogP contribution in [0.15, 0.2) is 24.3 Å². The van der Waals surface area contributed by atoms with E-state index in [0.717, 1.165) is 0 Å². The molecular formula is C12H15NO5. The van der Waals surface area contributed by atoms with Gasteiger partial charge in [-0.3, -0.25) is 10.1 Å². The molecule has 1 aromatic carbocycles. The molecule has 0 aromatic heterocycles. The van der Waals surface area contributed by atoms with Crippen molar-refractivity contribution in [2.24, 2.45) is 0 Å². The van der Waals surface area contributed by atoms with Gasteiger partial charge in [-0.25, -0.2) is 4.79 Å². The molecule has 2 unspecified atom stereocenters. The predicted molar refractivity (Wildman–Crippen MR) is 63.8 cm³/mol. The van der Waals surface area contributed by atoms with E-state index in [1.54, 1.807) is 6.92 Å². The molecule has 0 saturated carbocycles. The van der Waals surface area contributed by atoms with Gasteiger partial charge in [0.2, 0.25) is 0 Å². The zero-order valence-electron chi connectivity index (χ0n) is 10.2. The highest BCUT2D eigenvalue weighted by Crippen LogP contribution is 2.23. The second kappa shape index (κ2) is 6.11. The second-order valence-corrected chi connectivity index (χ2v) is 3.82. The molecule has 6 heteroatoms. The van der Waals surface area contributed by atoms with Crippen LogP contribution in [-0.2, 0) is 4.74 Å². The van der Waals surface area contributed by atoms with Gasteiger partial charge in [0.25, 0.3) is 6.04 Å². The maximum atomic E-state index is 11.2. The van der Waals surface area contributed by atoms with Crippen LogP contribution >= 0.6 is 0 Å². The summed E-state index contributed by atoms with van der Waals surface area (Å²) in [5.41, 5.74) is 0.677. The number of ether oxygens (including phenoxy) is 1. The van der Waals surface area contributed by atoms with Crippen LogP contribution in [0.25, 0.3) is 0 Å². The molecule has 0 aliphatic heterocycles. The van der Waals surface area contributed by atoms with Crippen molar-refractivity contribution >= 4 is 5.97 Å². The Morgan fingerprint density at radius 2 is 2.00 bits per heavy atom. The fraction of sp³-hybridized carbons (Fsp3) is 0.417. The van der Waals surface area contributed by atoms with E-state index in [2.05, 4.69) is 4.74 Å². The molecule has 1 aromatic rings. The van der Waals surface area contributed by atoms with Crippen LogP contribution in [-0.4, -0.2) is 29.2 Å². The molecule has 0 radical (unpaired) electrons. The van der Waals surface area contributed by atoms with Crippen LogP contribution in [0.3, 0.4) is 0 Å². The van der Waals surface area contributed by atoms with Crippen molar-refractivity contribution in [1.82, 2.24) is 0 Å². The number of aliphatic hydroxyl groups is 1. The van der Waals surface area contributed by atoms with Crippen molar-refractivity contribution in [3.05, 3.63) is 45.5 Å². The van der Waals surface area contributed by atoms with Gasteiger partial charge in [-0.05, 0) is 18.6 Å². The van der Waals surface area contributed by atoms with Gasteiger partial charge in [-0.15, -0.1) is 0 Å². The number of esters is 1. The molecule has 2 atom stereocenters. The third-order valence-electron chi connectivity index (χ3n) is 2.68. The Hall–Kier alpha value is -1.95. The normalized spacial score (nSPS) is 13.7. The van der Waals surface area contributed by atoms with Crippen LogP contribution in [0.2, 0.25) is 0 Å². The molecule has 0 spiro atoms. The fourth-order valence-corrected chi connectivity index (χ4v) is 1.64. The molecule has 0 amide bonds. The van der Waals surface area contributed by atoms with Gasteiger partial charge in [-0.2, -0.15) is 0 Å². The Labute approximate surface area is 104 Å². The number of aliphatic hydroxyl groups excluding tert-OH is 1. The van der Waals surface area contributed by atoms with Crippen molar-refractivity contribution in [3.63, 3.8) is 0 Å². The van der Waals surface area contributed by atoms with Crippen LogP contribution in [0.1, 0.15) is 35.3 Å². The van der Waals surface area contributed by atoms with Gasteiger partial charge in [0.1, 0.15) is 6.10 Å². The summed E-state index contributed by atoms with van der Waals surface area (Å²) in [7, 11) is 1.26. The topological polar surface area (TPSA) is 89.7 Å². The van der Waals surface area contributed by atoms with Crippen LogP contribution in [0.4, 0.5) is 0 Å². The summed E-state index contributed by atoms with van der Waals surface area (Å²) in [6.07, 6.45) is -0.770. The number of hydrogen-bond acceptors (Lipinski definition) is 5. The molecule has 0 saturated heterocycles. The van der Waals surface area contributed by atoms with Crippen LogP contribution < -0.4 is 0 Å². The smallest absolute Gasteiger partial charge is 0.337 e. The summed E-state index contributed by atoms with van der Waals surface area (Å²) < 4.78 is 4.53. The van der Waals surface area contributed by atoms with E-state index in [0.29, 0.717) is 11.1 Å². The molecule has 1 rings (SSSR count). The molecule has 6 nitrogen and oxygen atoms in total. The van der Waals surface area contributed by atoms with E-state index in [9.17, 15) is 20.0 Å². The van der Waals surface area contributed by atoms with E-state index in [4.69, 9.17) is 0 Å². The predicted octanol–water partition coefficient (Wildman–Crippen LogP) is 1.56. The lowest BCUT2D eigenvalue weighted by Crippen LogP contribution is -2.24. The van der Waals surface area contributed by atoms with Crippen molar-refractivity contribution < 1.29 is 19.6 Å². The number of rotatable bonds is 5. The molecule has 0 aliphatic carbocycles. The quantitative estimate of drug-likeness (QED) is 0.488. The summed E-state index contributed by atoms with van der Waals surface area (Å²) in [5.74, 6) is -0.504. The Morgan fingerprint density at radius 1 is 1.44 bits per heavy atom. The van der Waals surface area contributed by atoms with Crippen molar-refractivity contribution in [1.29, 1.82) is 0 Å². The average Bonchev–Trinajstić information content (AvgIpc) is 2.38. The standard InChI is InChI=1S/C12H15NO5/c1-3-10(14)11(13(16)17)8-4-6-9(7-5-8)12(15)18-2/h4-7,10-11,14H,3H2,1-2H3. The first-order valence-corrected chi connectivity index (χ1v) is 5.51. The highest BCUT2D eigenvalue weighted by atomic mass is 16.6. The zero-order chi connectivity index (χ0) is 13.7. The third-order valence-corrected chi connectivity index (χ3v) is 2.68. The Morgan fingerprint density at radius 3 is 2.39 bits per heavy atom. The number of hydrogen-bond donors (Lipinski definition) is 1. The number of carbonyl (C=O) groups is 1. The van der Waals surface area contributed by atoms with E-state index in [1.807, 2.05) is 0 Å². The van der Waals surface area contributed by atoms with Gasteiger partial charge in [0, 0.05) is 10.5 Å². The molecule has 18 heavy (non-hydrogen) atoms. The first kappa shape index (κ1) is 14.1. The number of nitro groups is 1. The summed E-state index contributed by atoms with van der Waals surface area (Å²) in [4.78, 5) is 21.6. The number of nitrogens with zero attached hydrogens (tertiary/aromatic N) is 1. The van der Waals surface area contributed by atoms with E-state index >= 15 is 0 Å². The summed E-state index contributed by atoms with van der Waals surface area (Å²) in [6.45, 7) is 1.67. The van der Waals surface area contributed by atoms with Gasteiger partial charge in [-0.1, -0.05) is 19.1 Å². The van der Waals surface area contributed by atoms with E-state index in [1.165, 1.54) is 31.4 Å². The first-order valence-electron chi connectivity index (χ1n) is 5.51. The Bertz CT molecular complexity index is 429. The first-order chi connectivity index (χ1) is 8.51. The molecule has 0 aliphatic rings. The minimum atomic E-state index is -1.18. The maximum Gasteiger partial charge on any atom is 0.337 e. The lowest BCUT2D eigenvalue weighted by Gasteiger charge is -2.14.